The SMILES string of the molecule is O=C(Nn1cnc2ccccc21)C1(S(=O)(=O)c2ccc(Cl)cc2)CCCC1. The van der Waals surface area contributed by atoms with Gasteiger partial charge in [0.1, 0.15) is 6.33 Å². The van der Waals surface area contributed by atoms with Crippen molar-refractivity contribution in [1.29, 1.82) is 0 Å². The third-order valence-corrected chi connectivity index (χ3v) is 7.91. The number of fused-ring (bicyclic) bond motifs is 1. The molecule has 1 fully saturated rings. The summed E-state index contributed by atoms with van der Waals surface area (Å²) in [5, 5.41) is 0.448. The molecule has 0 atom stereocenters. The number of aromatic nitrogens is 2. The summed E-state index contributed by atoms with van der Waals surface area (Å²) in [5.41, 5.74) is 4.18. The number of carbonyl (C=O) groups is 1. The number of rotatable bonds is 4. The minimum atomic E-state index is -3.88. The van der Waals surface area contributed by atoms with Crippen molar-refractivity contribution in [3.63, 3.8) is 0 Å². The zero-order chi connectivity index (χ0) is 19.1. The zero-order valence-electron chi connectivity index (χ0n) is 14.4. The summed E-state index contributed by atoms with van der Waals surface area (Å²) >= 11 is 5.88. The van der Waals surface area contributed by atoms with Crippen LogP contribution in [0.5, 0.6) is 0 Å². The van der Waals surface area contributed by atoms with Crippen LogP contribution in [0.2, 0.25) is 5.02 Å². The summed E-state index contributed by atoms with van der Waals surface area (Å²) in [5.74, 6) is -0.530. The third-order valence-electron chi connectivity index (χ3n) is 5.14. The number of amides is 1. The number of imidazole rings is 1. The lowest BCUT2D eigenvalue weighted by Gasteiger charge is -2.27. The van der Waals surface area contributed by atoms with E-state index in [1.165, 1.54) is 35.3 Å². The van der Waals surface area contributed by atoms with Crippen molar-refractivity contribution in [2.75, 3.05) is 5.43 Å². The Kier molecular flexibility index (Phi) is 4.44. The van der Waals surface area contributed by atoms with Gasteiger partial charge in [-0.05, 0) is 49.2 Å². The van der Waals surface area contributed by atoms with Crippen molar-refractivity contribution in [1.82, 2.24) is 9.66 Å². The molecule has 3 aromatic rings. The van der Waals surface area contributed by atoms with Crippen LogP contribution in [0.4, 0.5) is 0 Å². The van der Waals surface area contributed by atoms with E-state index in [4.69, 9.17) is 11.6 Å². The maximum atomic E-state index is 13.4. The predicted molar refractivity (Wildman–Crippen MR) is 104 cm³/mol. The number of halogens is 1. The second-order valence-electron chi connectivity index (χ2n) is 6.70. The Bertz CT molecular complexity index is 1100. The van der Waals surface area contributed by atoms with Gasteiger partial charge in [-0.1, -0.05) is 36.6 Å². The van der Waals surface area contributed by atoms with E-state index in [2.05, 4.69) is 10.4 Å². The predicted octanol–water partition coefficient (Wildman–Crippen LogP) is 3.55. The van der Waals surface area contributed by atoms with Crippen LogP contribution in [0, 0.1) is 0 Å². The molecule has 1 aromatic heterocycles. The quantitative estimate of drug-likeness (QED) is 0.722. The van der Waals surface area contributed by atoms with Crippen LogP contribution in [-0.2, 0) is 14.6 Å². The maximum absolute atomic E-state index is 13.4. The molecule has 1 saturated carbocycles. The van der Waals surface area contributed by atoms with Crippen molar-refractivity contribution in [3.05, 3.63) is 59.9 Å². The van der Waals surface area contributed by atoms with Gasteiger partial charge in [0.05, 0.1) is 15.9 Å². The highest BCUT2D eigenvalue weighted by molar-refractivity contribution is 7.93. The van der Waals surface area contributed by atoms with Crippen molar-refractivity contribution < 1.29 is 13.2 Å². The molecule has 8 heteroatoms. The second-order valence-corrected chi connectivity index (χ2v) is 9.40. The molecule has 27 heavy (non-hydrogen) atoms. The normalized spacial score (nSPS) is 16.5. The largest absolute Gasteiger partial charge is 0.271 e. The number of para-hydroxylation sites is 2. The van der Waals surface area contributed by atoms with Crippen molar-refractivity contribution >= 4 is 38.4 Å². The van der Waals surface area contributed by atoms with Gasteiger partial charge in [0, 0.05) is 5.02 Å². The van der Waals surface area contributed by atoms with Gasteiger partial charge in [-0.15, -0.1) is 0 Å². The Labute approximate surface area is 162 Å². The highest BCUT2D eigenvalue weighted by Gasteiger charge is 2.53. The van der Waals surface area contributed by atoms with E-state index in [0.717, 1.165) is 5.52 Å². The monoisotopic (exact) mass is 403 g/mol. The molecule has 0 aliphatic heterocycles. The standard InChI is InChI=1S/C19H18ClN3O3S/c20-14-7-9-15(10-8-14)27(25,26)19(11-3-4-12-19)18(24)22-23-13-21-16-5-1-2-6-17(16)23/h1-2,5-10,13H,3-4,11-12H2,(H,22,24). The number of carbonyl (C=O) groups excluding carboxylic acids is 1. The first-order valence-corrected chi connectivity index (χ1v) is 10.5. The fourth-order valence-electron chi connectivity index (χ4n) is 3.66. The molecule has 140 valence electrons. The molecule has 0 saturated heterocycles. The van der Waals surface area contributed by atoms with E-state index < -0.39 is 20.5 Å². The first-order chi connectivity index (χ1) is 12.9. The first-order valence-electron chi connectivity index (χ1n) is 8.68. The number of benzene rings is 2. The molecule has 1 N–H and O–H groups in total. The smallest absolute Gasteiger partial charge is 0.260 e. The molecular weight excluding hydrogens is 386 g/mol. The van der Waals surface area contributed by atoms with E-state index in [1.807, 2.05) is 24.3 Å². The number of hydrogen-bond acceptors (Lipinski definition) is 4. The van der Waals surface area contributed by atoms with Gasteiger partial charge in [-0.25, -0.2) is 18.1 Å². The number of nitrogens with zero attached hydrogens (tertiary/aromatic N) is 2. The molecule has 1 heterocycles. The Morgan fingerprint density at radius 3 is 2.44 bits per heavy atom. The highest BCUT2D eigenvalue weighted by Crippen LogP contribution is 2.41. The molecule has 0 bridgehead atoms. The van der Waals surface area contributed by atoms with Gasteiger partial charge >= 0.3 is 0 Å². The van der Waals surface area contributed by atoms with Gasteiger partial charge in [0.25, 0.3) is 5.91 Å². The van der Waals surface area contributed by atoms with E-state index in [9.17, 15) is 13.2 Å². The fourth-order valence-corrected chi connectivity index (χ4v) is 5.85. The average molecular weight is 404 g/mol. The van der Waals surface area contributed by atoms with E-state index in [-0.39, 0.29) is 17.7 Å². The van der Waals surface area contributed by atoms with Crippen LogP contribution in [0.15, 0.2) is 59.8 Å². The summed E-state index contributed by atoms with van der Waals surface area (Å²) in [7, 11) is -3.88. The zero-order valence-corrected chi connectivity index (χ0v) is 16.0. The Morgan fingerprint density at radius 1 is 1.07 bits per heavy atom. The van der Waals surface area contributed by atoms with Crippen molar-refractivity contribution in [3.8, 4) is 0 Å². The van der Waals surface area contributed by atoms with Gasteiger partial charge in [-0.2, -0.15) is 0 Å². The maximum Gasteiger partial charge on any atom is 0.260 e. The lowest BCUT2D eigenvalue weighted by atomic mass is 10.1. The number of nitrogens with one attached hydrogen (secondary N) is 1. The number of sulfone groups is 1. The Balaban J connectivity index is 1.73. The van der Waals surface area contributed by atoms with Crippen LogP contribution in [0.3, 0.4) is 0 Å². The summed E-state index contributed by atoms with van der Waals surface area (Å²) in [6.07, 6.45) is 3.43. The lowest BCUT2D eigenvalue weighted by Crippen LogP contribution is -2.49. The summed E-state index contributed by atoms with van der Waals surface area (Å²) in [6, 6.07) is 13.3. The fraction of sp³-hybridized carbons (Fsp3) is 0.263. The van der Waals surface area contributed by atoms with E-state index >= 15 is 0 Å². The van der Waals surface area contributed by atoms with Crippen LogP contribution in [0.25, 0.3) is 11.0 Å². The van der Waals surface area contributed by atoms with Gasteiger partial charge < -0.3 is 0 Å². The van der Waals surface area contributed by atoms with Gasteiger partial charge in [0.2, 0.25) is 0 Å². The summed E-state index contributed by atoms with van der Waals surface area (Å²) < 4.78 is 26.7. The Hall–Kier alpha value is -2.38. The Morgan fingerprint density at radius 2 is 1.74 bits per heavy atom. The number of hydrogen-bond donors (Lipinski definition) is 1. The van der Waals surface area contributed by atoms with E-state index in [0.29, 0.717) is 23.4 Å². The van der Waals surface area contributed by atoms with Crippen LogP contribution >= 0.6 is 11.6 Å². The molecule has 1 aliphatic rings. The molecular formula is C19H18ClN3O3S. The minimum Gasteiger partial charge on any atom is -0.271 e. The van der Waals surface area contributed by atoms with Crippen LogP contribution in [0.1, 0.15) is 25.7 Å². The van der Waals surface area contributed by atoms with Crippen molar-refractivity contribution in [2.45, 2.75) is 35.3 Å². The van der Waals surface area contributed by atoms with E-state index in [1.54, 1.807) is 0 Å². The molecule has 1 aliphatic carbocycles. The van der Waals surface area contributed by atoms with Gasteiger partial charge in [0.15, 0.2) is 14.6 Å². The summed E-state index contributed by atoms with van der Waals surface area (Å²) in [4.78, 5) is 17.5. The summed E-state index contributed by atoms with van der Waals surface area (Å²) in [6.45, 7) is 0. The van der Waals surface area contributed by atoms with Crippen LogP contribution < -0.4 is 5.43 Å². The van der Waals surface area contributed by atoms with Crippen molar-refractivity contribution in [2.24, 2.45) is 0 Å². The minimum absolute atomic E-state index is 0.111. The van der Waals surface area contributed by atoms with Crippen LogP contribution in [-0.4, -0.2) is 28.7 Å². The molecule has 1 amide bonds. The molecule has 6 nitrogen and oxygen atoms in total. The van der Waals surface area contributed by atoms with Gasteiger partial charge in [-0.3, -0.25) is 10.2 Å². The molecule has 4 rings (SSSR count). The highest BCUT2D eigenvalue weighted by atomic mass is 35.5. The topological polar surface area (TPSA) is 81.1 Å². The first kappa shape index (κ1) is 18.0. The third kappa shape index (κ3) is 2.91. The molecule has 2 aromatic carbocycles. The molecule has 0 radical (unpaired) electrons. The molecule has 0 unspecified atom stereocenters. The average Bonchev–Trinajstić information content (AvgIpc) is 3.31. The molecule has 0 spiro atoms. The lowest BCUT2D eigenvalue weighted by molar-refractivity contribution is -0.119. The second kappa shape index (κ2) is 6.65.